The average molecular weight is 345 g/mol. The van der Waals surface area contributed by atoms with Gasteiger partial charge in [-0.3, -0.25) is 14.7 Å². The molecule has 9 nitrogen and oxygen atoms in total. The first-order valence-electron chi connectivity index (χ1n) is 8.12. The van der Waals surface area contributed by atoms with E-state index in [1.165, 1.54) is 12.3 Å². The molecular formula is C16H19N5O4. The van der Waals surface area contributed by atoms with Crippen LogP contribution >= 0.6 is 0 Å². The second-order valence-corrected chi connectivity index (χ2v) is 5.86. The zero-order valence-electron chi connectivity index (χ0n) is 14.0. The summed E-state index contributed by atoms with van der Waals surface area (Å²) in [5, 5.41) is 13.2. The van der Waals surface area contributed by atoms with E-state index in [0.717, 1.165) is 23.2 Å². The SMILES string of the molecule is CCOC(=O)c1cn[nH]c1NC(=O)C(C)n1nc(C2CC2)ccc1=O. The number of carbonyl (C=O) groups is 2. The van der Waals surface area contributed by atoms with E-state index in [-0.39, 0.29) is 23.5 Å². The van der Waals surface area contributed by atoms with Crippen molar-refractivity contribution in [3.63, 3.8) is 0 Å². The normalized spacial score (nSPS) is 14.8. The molecule has 2 aromatic heterocycles. The van der Waals surface area contributed by atoms with Crippen LogP contribution in [0.1, 0.15) is 54.7 Å². The van der Waals surface area contributed by atoms with E-state index in [0.29, 0.717) is 5.92 Å². The average Bonchev–Trinajstić information content (AvgIpc) is 3.34. The van der Waals surface area contributed by atoms with Crippen molar-refractivity contribution in [2.75, 3.05) is 11.9 Å². The van der Waals surface area contributed by atoms with Crippen LogP contribution in [0, 0.1) is 0 Å². The molecule has 1 fully saturated rings. The first-order chi connectivity index (χ1) is 12.0. The Labute approximate surface area is 143 Å². The molecule has 1 aliphatic carbocycles. The topological polar surface area (TPSA) is 119 Å². The monoisotopic (exact) mass is 345 g/mol. The van der Waals surface area contributed by atoms with E-state index in [1.807, 2.05) is 0 Å². The Hall–Kier alpha value is -2.97. The molecule has 0 spiro atoms. The van der Waals surface area contributed by atoms with Crippen LogP contribution < -0.4 is 10.9 Å². The molecule has 0 aromatic carbocycles. The Balaban J connectivity index is 1.78. The van der Waals surface area contributed by atoms with E-state index in [4.69, 9.17) is 4.74 Å². The number of nitrogens with one attached hydrogen (secondary N) is 2. The molecule has 132 valence electrons. The predicted octanol–water partition coefficient (Wildman–Crippen LogP) is 1.22. The molecule has 0 saturated heterocycles. The summed E-state index contributed by atoms with van der Waals surface area (Å²) < 4.78 is 6.06. The predicted molar refractivity (Wildman–Crippen MR) is 88.4 cm³/mol. The van der Waals surface area contributed by atoms with Crippen molar-refractivity contribution in [2.24, 2.45) is 0 Å². The van der Waals surface area contributed by atoms with Crippen LogP contribution in [0.25, 0.3) is 0 Å². The minimum atomic E-state index is -0.843. The number of carbonyl (C=O) groups excluding carboxylic acids is 2. The molecule has 2 aromatic rings. The maximum absolute atomic E-state index is 12.5. The highest BCUT2D eigenvalue weighted by Gasteiger charge is 2.27. The number of H-pyrrole nitrogens is 1. The van der Waals surface area contributed by atoms with E-state index in [9.17, 15) is 14.4 Å². The number of rotatable bonds is 6. The molecule has 2 heterocycles. The zero-order valence-corrected chi connectivity index (χ0v) is 14.0. The Morgan fingerprint density at radius 1 is 1.44 bits per heavy atom. The van der Waals surface area contributed by atoms with Gasteiger partial charge in [-0.05, 0) is 32.8 Å². The highest BCUT2D eigenvalue weighted by molar-refractivity contribution is 6.00. The molecule has 25 heavy (non-hydrogen) atoms. The van der Waals surface area contributed by atoms with Crippen LogP contribution in [0.5, 0.6) is 0 Å². The summed E-state index contributed by atoms with van der Waals surface area (Å²) in [6.07, 6.45) is 3.36. The van der Waals surface area contributed by atoms with Gasteiger partial charge < -0.3 is 10.1 Å². The minimum absolute atomic E-state index is 0.120. The van der Waals surface area contributed by atoms with Crippen molar-refractivity contribution in [1.82, 2.24) is 20.0 Å². The lowest BCUT2D eigenvalue weighted by Gasteiger charge is -2.14. The van der Waals surface area contributed by atoms with Crippen molar-refractivity contribution in [3.8, 4) is 0 Å². The fourth-order valence-electron chi connectivity index (χ4n) is 2.40. The Morgan fingerprint density at radius 2 is 2.20 bits per heavy atom. The third-order valence-electron chi connectivity index (χ3n) is 3.97. The van der Waals surface area contributed by atoms with E-state index >= 15 is 0 Å². The summed E-state index contributed by atoms with van der Waals surface area (Å²) in [6.45, 7) is 3.46. The quantitative estimate of drug-likeness (QED) is 0.760. The Morgan fingerprint density at radius 3 is 2.88 bits per heavy atom. The molecule has 1 amide bonds. The number of anilines is 1. The summed E-state index contributed by atoms with van der Waals surface area (Å²) in [4.78, 5) is 36.4. The Kier molecular flexibility index (Phi) is 4.64. The largest absolute Gasteiger partial charge is 0.462 e. The molecular weight excluding hydrogens is 326 g/mol. The summed E-state index contributed by atoms with van der Waals surface area (Å²) in [7, 11) is 0. The van der Waals surface area contributed by atoms with Gasteiger partial charge in [0, 0.05) is 12.0 Å². The van der Waals surface area contributed by atoms with Crippen LogP contribution in [0.15, 0.2) is 23.1 Å². The Bertz CT molecular complexity index is 852. The highest BCUT2D eigenvalue weighted by atomic mass is 16.5. The van der Waals surface area contributed by atoms with Gasteiger partial charge in [0.15, 0.2) is 0 Å². The second-order valence-electron chi connectivity index (χ2n) is 5.86. The van der Waals surface area contributed by atoms with Crippen molar-refractivity contribution < 1.29 is 14.3 Å². The van der Waals surface area contributed by atoms with Crippen LogP contribution in [0.2, 0.25) is 0 Å². The molecule has 3 rings (SSSR count). The number of aromatic nitrogens is 4. The van der Waals surface area contributed by atoms with E-state index in [2.05, 4.69) is 20.6 Å². The lowest BCUT2D eigenvalue weighted by atomic mass is 10.2. The van der Waals surface area contributed by atoms with Crippen molar-refractivity contribution in [1.29, 1.82) is 0 Å². The summed E-state index contributed by atoms with van der Waals surface area (Å²) in [5.74, 6) is -0.589. The fraction of sp³-hybridized carbons (Fsp3) is 0.438. The standard InChI is InChI=1S/C16H19N5O4/c1-3-25-16(24)11-8-17-19-14(11)18-15(23)9(2)21-13(22)7-6-12(20-21)10-4-5-10/h6-10H,3-5H2,1-2H3,(H2,17,18,19,23). The van der Waals surface area contributed by atoms with Crippen molar-refractivity contribution >= 4 is 17.7 Å². The van der Waals surface area contributed by atoms with Gasteiger partial charge in [0.2, 0.25) is 5.91 Å². The maximum atomic E-state index is 12.5. The molecule has 0 bridgehead atoms. The van der Waals surface area contributed by atoms with Gasteiger partial charge in [-0.2, -0.15) is 10.2 Å². The molecule has 0 radical (unpaired) electrons. The second kappa shape index (κ2) is 6.88. The molecule has 0 aliphatic heterocycles. The van der Waals surface area contributed by atoms with E-state index in [1.54, 1.807) is 19.9 Å². The molecule has 2 N–H and O–H groups in total. The molecule has 1 aliphatic rings. The van der Waals surface area contributed by atoms with E-state index < -0.39 is 17.9 Å². The summed E-state index contributed by atoms with van der Waals surface area (Å²) >= 11 is 0. The van der Waals surface area contributed by atoms with Gasteiger partial charge in [0.25, 0.3) is 5.56 Å². The first-order valence-corrected chi connectivity index (χ1v) is 8.12. The third kappa shape index (κ3) is 3.59. The lowest BCUT2D eigenvalue weighted by Crippen LogP contribution is -2.33. The number of nitrogens with zero attached hydrogens (tertiary/aromatic N) is 3. The number of ether oxygens (including phenoxy) is 1. The number of hydrogen-bond donors (Lipinski definition) is 2. The molecule has 1 saturated carbocycles. The smallest absolute Gasteiger partial charge is 0.343 e. The van der Waals surface area contributed by atoms with Crippen LogP contribution in [-0.2, 0) is 9.53 Å². The minimum Gasteiger partial charge on any atom is -0.462 e. The molecule has 1 unspecified atom stereocenters. The first kappa shape index (κ1) is 16.9. The number of aromatic amines is 1. The van der Waals surface area contributed by atoms with Crippen LogP contribution in [-0.4, -0.2) is 38.5 Å². The number of hydrogen-bond acceptors (Lipinski definition) is 6. The number of amides is 1. The fourth-order valence-corrected chi connectivity index (χ4v) is 2.40. The van der Waals surface area contributed by atoms with Crippen molar-refractivity contribution in [2.45, 2.75) is 38.6 Å². The van der Waals surface area contributed by atoms with Crippen LogP contribution in [0.4, 0.5) is 5.82 Å². The zero-order chi connectivity index (χ0) is 18.0. The lowest BCUT2D eigenvalue weighted by molar-refractivity contribution is -0.119. The highest BCUT2D eigenvalue weighted by Crippen LogP contribution is 2.38. The van der Waals surface area contributed by atoms with Crippen LogP contribution in [0.3, 0.4) is 0 Å². The van der Waals surface area contributed by atoms with Gasteiger partial charge >= 0.3 is 5.97 Å². The van der Waals surface area contributed by atoms with Gasteiger partial charge in [-0.15, -0.1) is 0 Å². The maximum Gasteiger partial charge on any atom is 0.343 e. The number of esters is 1. The summed E-state index contributed by atoms with van der Waals surface area (Å²) in [5.41, 5.74) is 0.574. The van der Waals surface area contributed by atoms with Crippen molar-refractivity contribution in [3.05, 3.63) is 39.9 Å². The van der Waals surface area contributed by atoms with Gasteiger partial charge in [0.1, 0.15) is 17.4 Å². The molecule has 1 atom stereocenters. The van der Waals surface area contributed by atoms with Gasteiger partial charge in [-0.25, -0.2) is 9.48 Å². The summed E-state index contributed by atoms with van der Waals surface area (Å²) in [6, 6.07) is 2.28. The van der Waals surface area contributed by atoms with Gasteiger partial charge in [-0.1, -0.05) is 0 Å². The third-order valence-corrected chi connectivity index (χ3v) is 3.97. The van der Waals surface area contributed by atoms with Gasteiger partial charge in [0.05, 0.1) is 18.5 Å². The molecule has 9 heteroatoms.